The van der Waals surface area contributed by atoms with E-state index in [2.05, 4.69) is 20.8 Å². The summed E-state index contributed by atoms with van der Waals surface area (Å²) >= 11 is 0. The van der Waals surface area contributed by atoms with Crippen LogP contribution in [0.2, 0.25) is 0 Å². The van der Waals surface area contributed by atoms with Crippen LogP contribution in [0.3, 0.4) is 0 Å². The molecule has 0 N–H and O–H groups in total. The van der Waals surface area contributed by atoms with Crippen molar-refractivity contribution in [1.29, 1.82) is 0 Å². The Hall–Kier alpha value is -0.530. The van der Waals surface area contributed by atoms with Gasteiger partial charge in [0.05, 0.1) is 0 Å². The monoisotopic (exact) mass is 585 g/mol. The third-order valence-electron chi connectivity index (χ3n) is 14.0. The van der Waals surface area contributed by atoms with Gasteiger partial charge in [-0.05, 0) is 118 Å². The second-order valence-corrected chi connectivity index (χ2v) is 16.4. The van der Waals surface area contributed by atoms with E-state index in [4.69, 9.17) is 4.74 Å². The number of unbranched alkanes of at least 4 members (excludes halogenated alkanes) is 6. The summed E-state index contributed by atoms with van der Waals surface area (Å²) in [7, 11) is 0. The van der Waals surface area contributed by atoms with E-state index in [0.29, 0.717) is 10.8 Å². The first-order valence-corrected chi connectivity index (χ1v) is 19.6. The first-order valence-electron chi connectivity index (χ1n) is 19.6. The summed E-state index contributed by atoms with van der Waals surface area (Å²) in [6.45, 7) is 8.14. The lowest BCUT2D eigenvalue weighted by Crippen LogP contribution is -2.47. The van der Waals surface area contributed by atoms with E-state index >= 15 is 0 Å². The van der Waals surface area contributed by atoms with E-state index in [1.807, 2.05) is 0 Å². The summed E-state index contributed by atoms with van der Waals surface area (Å²) in [6.07, 6.45) is 40.7. The van der Waals surface area contributed by atoms with Gasteiger partial charge in [0.2, 0.25) is 0 Å². The van der Waals surface area contributed by atoms with Crippen LogP contribution in [-0.4, -0.2) is 12.1 Å². The Morgan fingerprint density at radius 1 is 0.667 bits per heavy atom. The van der Waals surface area contributed by atoms with Crippen LogP contribution in [-0.2, 0) is 9.53 Å². The van der Waals surface area contributed by atoms with E-state index in [-0.39, 0.29) is 5.60 Å². The van der Waals surface area contributed by atoms with Crippen LogP contribution in [0, 0.1) is 34.5 Å². The Morgan fingerprint density at radius 3 is 1.86 bits per heavy atom. The van der Waals surface area contributed by atoms with Gasteiger partial charge in [0.1, 0.15) is 5.60 Å². The summed E-state index contributed by atoms with van der Waals surface area (Å²) in [6, 6.07) is 0. The summed E-state index contributed by atoms with van der Waals surface area (Å²) in [5.74, 6) is 3.71. The largest absolute Gasteiger partial charge is 0.461 e. The number of hydrogen-bond acceptors (Lipinski definition) is 2. The predicted molar refractivity (Wildman–Crippen MR) is 180 cm³/mol. The Bertz CT molecular complexity index is 729. The fourth-order valence-electron chi connectivity index (χ4n) is 11.4. The third-order valence-corrected chi connectivity index (χ3v) is 14.0. The zero-order chi connectivity index (χ0) is 29.7. The normalized spacial score (nSPS) is 32.2. The maximum atomic E-state index is 11.6. The quantitative estimate of drug-likeness (QED) is 0.125. The predicted octanol–water partition coefficient (Wildman–Crippen LogP) is 12.8. The molecule has 0 heterocycles. The number of hydrogen-bond donors (Lipinski definition) is 0. The zero-order valence-electron chi connectivity index (χ0n) is 28.7. The molecule has 1 unspecified atom stereocenters. The van der Waals surface area contributed by atoms with Crippen molar-refractivity contribution >= 4 is 6.47 Å². The maximum absolute atomic E-state index is 11.6. The molecule has 0 amide bonds. The topological polar surface area (TPSA) is 26.3 Å². The molecule has 1 atom stereocenters. The Labute approximate surface area is 262 Å². The van der Waals surface area contributed by atoms with Crippen molar-refractivity contribution in [3.05, 3.63) is 0 Å². The van der Waals surface area contributed by atoms with Gasteiger partial charge in [-0.2, -0.15) is 0 Å². The van der Waals surface area contributed by atoms with E-state index in [1.165, 1.54) is 167 Å². The minimum absolute atomic E-state index is 0.162. The Morgan fingerprint density at radius 2 is 1.26 bits per heavy atom. The molecule has 4 rings (SSSR count). The molecular weight excluding hydrogens is 512 g/mol. The van der Waals surface area contributed by atoms with Gasteiger partial charge in [-0.25, -0.2) is 0 Å². The molecular formula is C40H72O2. The number of rotatable bonds is 17. The van der Waals surface area contributed by atoms with Gasteiger partial charge in [-0.3, -0.25) is 4.79 Å². The molecule has 0 aromatic carbocycles. The molecule has 4 aliphatic carbocycles. The Balaban J connectivity index is 1.41. The van der Waals surface area contributed by atoms with Crippen LogP contribution in [0.25, 0.3) is 0 Å². The summed E-state index contributed by atoms with van der Waals surface area (Å²) < 4.78 is 5.96. The molecule has 4 aliphatic rings. The lowest BCUT2D eigenvalue weighted by atomic mass is 9.50. The van der Waals surface area contributed by atoms with Gasteiger partial charge in [0, 0.05) is 0 Å². The Kier molecular flexibility index (Phi) is 14.1. The second-order valence-electron chi connectivity index (χ2n) is 16.4. The third kappa shape index (κ3) is 8.80. The van der Waals surface area contributed by atoms with Crippen LogP contribution in [0.4, 0.5) is 0 Å². The number of ether oxygens (including phenoxy) is 1. The van der Waals surface area contributed by atoms with Crippen LogP contribution < -0.4 is 0 Å². The number of carbonyl (C=O) groups is 1. The number of carbonyl (C=O) groups excluding carboxylic acids is 1. The molecule has 4 saturated carbocycles. The molecule has 0 saturated heterocycles. The van der Waals surface area contributed by atoms with Gasteiger partial charge in [-0.15, -0.1) is 0 Å². The van der Waals surface area contributed by atoms with Gasteiger partial charge >= 0.3 is 0 Å². The molecule has 0 radical (unpaired) electrons. The minimum Gasteiger partial charge on any atom is -0.461 e. The van der Waals surface area contributed by atoms with Crippen molar-refractivity contribution in [3.8, 4) is 0 Å². The molecule has 244 valence electrons. The molecule has 0 bridgehead atoms. The average Bonchev–Trinajstić information content (AvgIpc) is 3.03. The summed E-state index contributed by atoms with van der Waals surface area (Å²) in [5.41, 5.74) is 1.01. The van der Waals surface area contributed by atoms with Crippen molar-refractivity contribution in [3.63, 3.8) is 0 Å². The van der Waals surface area contributed by atoms with Crippen molar-refractivity contribution in [2.24, 2.45) is 34.5 Å². The zero-order valence-corrected chi connectivity index (χ0v) is 28.7. The molecule has 2 heteroatoms. The summed E-state index contributed by atoms with van der Waals surface area (Å²) in [4.78, 5) is 11.6. The molecule has 0 aromatic rings. The highest BCUT2D eigenvalue weighted by atomic mass is 16.5. The highest BCUT2D eigenvalue weighted by molar-refractivity contribution is 5.38. The molecule has 0 aliphatic heterocycles. The highest BCUT2D eigenvalue weighted by Crippen LogP contribution is 2.60. The van der Waals surface area contributed by atoms with Crippen molar-refractivity contribution in [2.75, 3.05) is 0 Å². The molecule has 0 spiro atoms. The van der Waals surface area contributed by atoms with Gasteiger partial charge in [0.15, 0.2) is 0 Å². The lowest BCUT2D eigenvalue weighted by Gasteiger charge is -2.55. The van der Waals surface area contributed by atoms with E-state index in [0.717, 1.165) is 49.4 Å². The minimum atomic E-state index is -0.162. The summed E-state index contributed by atoms with van der Waals surface area (Å²) in [5, 5.41) is 0. The van der Waals surface area contributed by atoms with E-state index in [9.17, 15) is 4.79 Å². The average molecular weight is 585 g/mol. The van der Waals surface area contributed by atoms with Crippen LogP contribution in [0.5, 0.6) is 0 Å². The smallest absolute Gasteiger partial charge is 0.293 e. The lowest BCUT2D eigenvalue weighted by molar-refractivity contribution is -0.152. The van der Waals surface area contributed by atoms with Crippen molar-refractivity contribution < 1.29 is 9.53 Å². The van der Waals surface area contributed by atoms with Crippen LogP contribution in [0.1, 0.15) is 207 Å². The van der Waals surface area contributed by atoms with Crippen LogP contribution in [0.15, 0.2) is 0 Å². The first kappa shape index (κ1) is 34.3. The molecule has 0 aromatic heterocycles. The van der Waals surface area contributed by atoms with Gasteiger partial charge in [0.25, 0.3) is 6.47 Å². The first-order chi connectivity index (χ1) is 20.5. The van der Waals surface area contributed by atoms with E-state index < -0.39 is 0 Å². The molecule has 42 heavy (non-hydrogen) atoms. The fraction of sp³-hybridized carbons (Fsp3) is 0.975. The van der Waals surface area contributed by atoms with Crippen molar-refractivity contribution in [2.45, 2.75) is 213 Å². The fourth-order valence-corrected chi connectivity index (χ4v) is 11.4. The second kappa shape index (κ2) is 17.2. The molecule has 2 nitrogen and oxygen atoms in total. The maximum Gasteiger partial charge on any atom is 0.293 e. The SMILES string of the molecule is CCCCCCC1CCC(C2(CC(C)C3(C4CCC(CCCCCC)(OC=O)CC4)CCCCC3)CCCCC2)CC1. The van der Waals surface area contributed by atoms with Gasteiger partial charge < -0.3 is 4.74 Å². The van der Waals surface area contributed by atoms with Crippen molar-refractivity contribution in [1.82, 2.24) is 0 Å². The van der Waals surface area contributed by atoms with Gasteiger partial charge in [-0.1, -0.05) is 124 Å². The standard InChI is InChI=1S/C40H72O2/c1-4-6-8-12-18-35-19-21-36(22-20-35)38(25-13-10-14-26-38)32-34(3)40(28-16-11-17-29-40)37-23-30-39(31-24-37,42-33-41)27-15-9-7-5-2/h33-37H,4-32H2,1-3H3. The van der Waals surface area contributed by atoms with Crippen LogP contribution >= 0.6 is 0 Å². The highest BCUT2D eigenvalue weighted by Gasteiger charge is 2.51. The van der Waals surface area contributed by atoms with E-state index in [1.54, 1.807) is 0 Å². The molecule has 4 fully saturated rings.